The van der Waals surface area contributed by atoms with E-state index in [0.717, 1.165) is 44.5 Å². The molecule has 12 aromatic carbocycles. The van der Waals surface area contributed by atoms with Crippen LogP contribution in [0.1, 0.15) is 97.4 Å². The van der Waals surface area contributed by atoms with E-state index in [0.29, 0.717) is 85.3 Å². The van der Waals surface area contributed by atoms with Crippen molar-refractivity contribution in [1.29, 1.82) is 0 Å². The Morgan fingerprint density at radius 2 is 0.683 bits per heavy atom. The minimum Gasteiger partial charge on any atom is -0.489 e. The van der Waals surface area contributed by atoms with E-state index >= 15 is 0 Å². The molecule has 13 heteroatoms. The molecule has 5 atom stereocenters. The van der Waals surface area contributed by atoms with Crippen LogP contribution < -0.4 is 47.4 Å². The van der Waals surface area contributed by atoms with Crippen LogP contribution in [-0.2, 0) is 68.8 Å². The molecule has 14 rings (SSSR count). The number of fused-ring (bicyclic) bond motifs is 2. The number of ether oxygens (including phenoxy) is 11. The molecule has 1 N–H and O–H groups in total. The van der Waals surface area contributed by atoms with E-state index in [9.17, 15) is 9.90 Å². The number of benzene rings is 12. The highest BCUT2D eigenvalue weighted by Gasteiger charge is 2.49. The predicted octanol–water partition coefficient (Wildman–Crippen LogP) is 18.6. The Morgan fingerprint density at radius 3 is 1.07 bits per heavy atom. The molecule has 0 bridgehead atoms. The van der Waals surface area contributed by atoms with Crippen LogP contribution in [0, 0.1) is 0 Å². The number of carbonyl (C=O) groups is 1. The fourth-order valence-electron chi connectivity index (χ4n) is 12.7. The SMILES string of the molecule is CC(=O)O[C@@H]1[C@@H](c2c(OCc3ccccc3)cc(OCc3ccccc3)c3c2O[C@H](c2ccc(OCc4ccccc4)c(OCc4ccccc4)c2)[C@@H](O)C3)c2c(OCc3ccccc3)cc(OCc3ccccc3)cc2O[C@@H]1c1ccc(OCc2ccccc2)c(OCc2ccccc2)c1. The molecular weight excluding hydrogens is 1260 g/mol. The molecule has 506 valence electrons. The third-order valence-electron chi connectivity index (χ3n) is 17.7. The van der Waals surface area contributed by atoms with Crippen molar-refractivity contribution in [2.75, 3.05) is 0 Å². The summed E-state index contributed by atoms with van der Waals surface area (Å²) in [5.41, 5.74) is 10.2. The first kappa shape index (κ1) is 66.3. The molecule has 0 aromatic heterocycles. The lowest BCUT2D eigenvalue weighted by molar-refractivity contribution is -0.154. The summed E-state index contributed by atoms with van der Waals surface area (Å²) in [6.45, 7) is 2.98. The van der Waals surface area contributed by atoms with E-state index in [-0.39, 0.29) is 59.3 Å². The van der Waals surface area contributed by atoms with Gasteiger partial charge in [-0.3, -0.25) is 4.79 Å². The fourth-order valence-corrected chi connectivity index (χ4v) is 12.7. The monoisotopic (exact) mass is 1340 g/mol. The lowest BCUT2D eigenvalue weighted by Gasteiger charge is -2.42. The van der Waals surface area contributed by atoms with Crippen LogP contribution in [0.5, 0.6) is 57.5 Å². The first-order valence-electron chi connectivity index (χ1n) is 34.0. The average Bonchev–Trinajstić information content (AvgIpc) is 0.720. The van der Waals surface area contributed by atoms with Gasteiger partial charge in [-0.25, -0.2) is 0 Å². The van der Waals surface area contributed by atoms with Crippen molar-refractivity contribution in [2.45, 2.75) is 96.5 Å². The lowest BCUT2D eigenvalue weighted by atomic mass is 9.77. The number of carbonyl (C=O) groups excluding carboxylic acids is 1. The second kappa shape index (κ2) is 32.2. The second-order valence-corrected chi connectivity index (χ2v) is 24.9. The molecule has 0 unspecified atom stereocenters. The van der Waals surface area contributed by atoms with E-state index in [1.54, 1.807) is 0 Å². The van der Waals surface area contributed by atoms with Gasteiger partial charge in [0.15, 0.2) is 35.2 Å². The summed E-state index contributed by atoms with van der Waals surface area (Å²) in [5.74, 6) is 2.45. The van der Waals surface area contributed by atoms with Crippen LogP contribution >= 0.6 is 0 Å². The Kier molecular flexibility index (Phi) is 21.1. The van der Waals surface area contributed by atoms with Crippen molar-refractivity contribution in [1.82, 2.24) is 0 Å². The maximum Gasteiger partial charge on any atom is 0.303 e. The number of esters is 1. The van der Waals surface area contributed by atoms with Gasteiger partial charge < -0.3 is 57.2 Å². The maximum atomic E-state index is 14.5. The minimum atomic E-state index is -1.24. The molecule has 13 nitrogen and oxygen atoms in total. The van der Waals surface area contributed by atoms with Crippen LogP contribution in [0.15, 0.2) is 297 Å². The average molecular weight is 1340 g/mol. The zero-order chi connectivity index (χ0) is 68.5. The van der Waals surface area contributed by atoms with Gasteiger partial charge in [-0.05, 0) is 74.3 Å². The zero-order valence-corrected chi connectivity index (χ0v) is 55.9. The molecule has 2 aliphatic heterocycles. The number of rotatable bonds is 28. The first-order chi connectivity index (χ1) is 49.8. The van der Waals surface area contributed by atoms with Gasteiger partial charge in [0.2, 0.25) is 0 Å². The molecule has 0 saturated heterocycles. The van der Waals surface area contributed by atoms with Crippen molar-refractivity contribution >= 4 is 5.97 Å². The zero-order valence-electron chi connectivity index (χ0n) is 55.9. The smallest absolute Gasteiger partial charge is 0.303 e. The molecule has 12 aromatic rings. The molecule has 101 heavy (non-hydrogen) atoms. The summed E-state index contributed by atoms with van der Waals surface area (Å²) < 4.78 is 76.9. The normalized spacial score (nSPS) is 15.8. The Balaban J connectivity index is 0.982. The number of aliphatic hydroxyl groups is 1. The number of aliphatic hydroxyl groups excluding tert-OH is 1. The van der Waals surface area contributed by atoms with E-state index in [4.69, 9.17) is 52.1 Å². The highest BCUT2D eigenvalue weighted by atomic mass is 16.6. The highest BCUT2D eigenvalue weighted by Crippen LogP contribution is 2.59. The number of hydrogen-bond donors (Lipinski definition) is 1. The van der Waals surface area contributed by atoms with E-state index in [1.165, 1.54) is 6.92 Å². The van der Waals surface area contributed by atoms with Gasteiger partial charge in [0.05, 0.1) is 12.0 Å². The number of hydrogen-bond acceptors (Lipinski definition) is 13. The summed E-state index contributed by atoms with van der Waals surface area (Å²) in [7, 11) is 0. The van der Waals surface area contributed by atoms with Crippen molar-refractivity contribution in [3.63, 3.8) is 0 Å². The van der Waals surface area contributed by atoms with Gasteiger partial charge in [0.25, 0.3) is 0 Å². The first-order valence-corrected chi connectivity index (χ1v) is 34.0. The van der Waals surface area contributed by atoms with Gasteiger partial charge in [0, 0.05) is 53.8 Å². The van der Waals surface area contributed by atoms with Crippen LogP contribution in [0.25, 0.3) is 0 Å². The molecular formula is C88H76O13. The van der Waals surface area contributed by atoms with E-state index < -0.39 is 36.3 Å². The Morgan fingerprint density at radius 1 is 0.347 bits per heavy atom. The molecule has 0 fully saturated rings. The van der Waals surface area contributed by atoms with Gasteiger partial charge in [-0.1, -0.05) is 255 Å². The maximum absolute atomic E-state index is 14.5. The summed E-state index contributed by atoms with van der Waals surface area (Å²) in [6.07, 6.45) is -4.51. The summed E-state index contributed by atoms with van der Waals surface area (Å²) in [5, 5.41) is 13.0. The molecule has 0 saturated carbocycles. The van der Waals surface area contributed by atoms with Crippen molar-refractivity contribution in [3.8, 4) is 57.5 Å². The van der Waals surface area contributed by atoms with Gasteiger partial charge >= 0.3 is 5.97 Å². The molecule has 2 aliphatic rings. The predicted molar refractivity (Wildman–Crippen MR) is 386 cm³/mol. The third kappa shape index (κ3) is 16.6. The van der Waals surface area contributed by atoms with Crippen molar-refractivity contribution < 1.29 is 62.0 Å². The molecule has 0 amide bonds. The van der Waals surface area contributed by atoms with Crippen LogP contribution in [-0.4, -0.2) is 23.3 Å². The quantitative estimate of drug-likeness (QED) is 0.0466. The third-order valence-corrected chi connectivity index (χ3v) is 17.7. The lowest BCUT2D eigenvalue weighted by Crippen LogP contribution is -2.40. The Hall–Kier alpha value is -11.9. The van der Waals surface area contributed by atoms with E-state index in [1.807, 2.05) is 297 Å². The topological polar surface area (TPSA) is 139 Å². The highest BCUT2D eigenvalue weighted by molar-refractivity contribution is 5.70. The minimum absolute atomic E-state index is 0.0382. The standard InChI is InChI=1S/C88H76O13/c1-60(89)99-88-84(82-79(97-58-67-38-22-8-23-39-67)48-71(91-52-61-26-10-2-11-27-61)49-81(82)100-86(88)70-43-45-75(93-54-63-30-14-4-15-31-63)78(47-70)96-57-66-36-20-7-21-37-66)83-80(98-59-68-40-24-9-25-41-68)51-76(94-55-64-32-16-5-17-33-64)72-50-73(90)85(101-87(72)83)69-42-44-74(92-53-62-28-12-3-13-29-62)77(46-69)95-56-65-34-18-6-19-35-65/h2-49,51,73,84-86,88,90H,50,52-59H2,1H3/t73-,84+,85+,86+,88+/m0/s1. The fraction of sp³-hybridized carbons (Fsp3) is 0.170. The van der Waals surface area contributed by atoms with Crippen molar-refractivity contribution in [3.05, 3.63) is 370 Å². The van der Waals surface area contributed by atoms with Gasteiger partial charge in [-0.2, -0.15) is 0 Å². The molecule has 0 radical (unpaired) electrons. The van der Waals surface area contributed by atoms with E-state index in [2.05, 4.69) is 0 Å². The van der Waals surface area contributed by atoms with Crippen LogP contribution in [0.2, 0.25) is 0 Å². The Labute approximate surface area is 588 Å². The second-order valence-electron chi connectivity index (χ2n) is 24.9. The summed E-state index contributed by atoms with van der Waals surface area (Å²) in [4.78, 5) is 14.5. The van der Waals surface area contributed by atoms with Gasteiger partial charge in [0.1, 0.15) is 93.5 Å². The Bertz CT molecular complexity index is 4660. The summed E-state index contributed by atoms with van der Waals surface area (Å²) in [6, 6.07) is 96.2. The van der Waals surface area contributed by atoms with Crippen molar-refractivity contribution in [2.24, 2.45) is 0 Å². The van der Waals surface area contributed by atoms with Crippen LogP contribution in [0.3, 0.4) is 0 Å². The largest absolute Gasteiger partial charge is 0.489 e. The summed E-state index contributed by atoms with van der Waals surface area (Å²) >= 11 is 0. The van der Waals surface area contributed by atoms with Crippen LogP contribution in [0.4, 0.5) is 0 Å². The van der Waals surface area contributed by atoms with Gasteiger partial charge in [-0.15, -0.1) is 0 Å². The molecule has 2 heterocycles. The molecule has 0 spiro atoms. The molecule has 0 aliphatic carbocycles.